The maximum absolute atomic E-state index is 11.8. The number of rotatable bonds is 4. The van der Waals surface area contributed by atoms with E-state index in [0.29, 0.717) is 5.92 Å². The summed E-state index contributed by atoms with van der Waals surface area (Å²) < 4.78 is 0. The first-order chi connectivity index (χ1) is 7.70. The molecular formula is C12H19ClN2OS. The average molecular weight is 275 g/mol. The molecule has 1 aromatic rings. The van der Waals surface area contributed by atoms with E-state index in [1.165, 1.54) is 10.4 Å². The van der Waals surface area contributed by atoms with Gasteiger partial charge in [0.2, 0.25) is 0 Å². The Morgan fingerprint density at radius 3 is 2.76 bits per heavy atom. The maximum Gasteiger partial charge on any atom is 0.261 e. The van der Waals surface area contributed by atoms with Crippen molar-refractivity contribution in [2.75, 3.05) is 19.6 Å². The molecule has 96 valence electrons. The average Bonchev–Trinajstić information content (AvgIpc) is 2.57. The third-order valence-corrected chi connectivity index (χ3v) is 4.13. The lowest BCUT2D eigenvalue weighted by Crippen LogP contribution is -2.48. The van der Waals surface area contributed by atoms with Crippen LogP contribution < -0.4 is 10.6 Å². The van der Waals surface area contributed by atoms with E-state index < -0.39 is 0 Å². The number of hydrogen-bond donors (Lipinski definition) is 2. The van der Waals surface area contributed by atoms with Crippen LogP contribution in [0, 0.1) is 12.8 Å². The van der Waals surface area contributed by atoms with Crippen molar-refractivity contribution in [3.63, 3.8) is 0 Å². The summed E-state index contributed by atoms with van der Waals surface area (Å²) in [5.74, 6) is 0.704. The Labute approximate surface area is 112 Å². The Balaban J connectivity index is 0.00000144. The standard InChI is InChI=1S/C12H18N2OS.ClH/c1-3-10-4-11(16-8(10)2)12(15)14-7-9-5-13-6-9;/h4,9,13H,3,5-7H2,1-2H3,(H,14,15);1H. The molecule has 1 saturated heterocycles. The predicted molar refractivity (Wildman–Crippen MR) is 74.4 cm³/mol. The van der Waals surface area contributed by atoms with Crippen molar-refractivity contribution < 1.29 is 4.79 Å². The van der Waals surface area contributed by atoms with E-state index in [1.807, 2.05) is 6.07 Å². The number of carbonyl (C=O) groups is 1. The molecular weight excluding hydrogens is 256 g/mol. The highest BCUT2D eigenvalue weighted by atomic mass is 35.5. The van der Waals surface area contributed by atoms with Gasteiger partial charge in [0.25, 0.3) is 5.91 Å². The van der Waals surface area contributed by atoms with Crippen molar-refractivity contribution in [3.8, 4) is 0 Å². The molecule has 1 amide bonds. The van der Waals surface area contributed by atoms with Crippen LogP contribution in [0.15, 0.2) is 6.07 Å². The molecule has 3 nitrogen and oxygen atoms in total. The van der Waals surface area contributed by atoms with Gasteiger partial charge in [-0.05, 0) is 25.0 Å². The monoisotopic (exact) mass is 274 g/mol. The number of thiophene rings is 1. The lowest BCUT2D eigenvalue weighted by molar-refractivity contribution is 0.0946. The van der Waals surface area contributed by atoms with Crippen molar-refractivity contribution >= 4 is 29.7 Å². The van der Waals surface area contributed by atoms with Gasteiger partial charge in [-0.25, -0.2) is 0 Å². The van der Waals surface area contributed by atoms with Crippen LogP contribution in [0.3, 0.4) is 0 Å². The molecule has 2 heterocycles. The lowest BCUT2D eigenvalue weighted by atomic mass is 10.0. The minimum atomic E-state index is 0. The first kappa shape index (κ1) is 14.5. The van der Waals surface area contributed by atoms with Crippen LogP contribution in [0.25, 0.3) is 0 Å². The van der Waals surface area contributed by atoms with Crippen LogP contribution in [-0.4, -0.2) is 25.5 Å². The molecule has 0 spiro atoms. The van der Waals surface area contributed by atoms with E-state index >= 15 is 0 Å². The lowest BCUT2D eigenvalue weighted by Gasteiger charge is -2.26. The van der Waals surface area contributed by atoms with Crippen LogP contribution in [0.4, 0.5) is 0 Å². The van der Waals surface area contributed by atoms with Crippen LogP contribution in [0.5, 0.6) is 0 Å². The van der Waals surface area contributed by atoms with Crippen molar-refractivity contribution in [2.24, 2.45) is 5.92 Å². The minimum absolute atomic E-state index is 0. The summed E-state index contributed by atoms with van der Waals surface area (Å²) in [4.78, 5) is 14.0. The SMILES string of the molecule is CCc1cc(C(=O)NCC2CNC2)sc1C.Cl. The van der Waals surface area contributed by atoms with Gasteiger partial charge in [0.1, 0.15) is 0 Å². The molecule has 1 fully saturated rings. The summed E-state index contributed by atoms with van der Waals surface area (Å²) in [7, 11) is 0. The summed E-state index contributed by atoms with van der Waals surface area (Å²) in [6, 6.07) is 2.02. The molecule has 0 radical (unpaired) electrons. The van der Waals surface area contributed by atoms with Gasteiger partial charge in [0.05, 0.1) is 4.88 Å². The molecule has 0 atom stereocenters. The van der Waals surface area contributed by atoms with E-state index in [2.05, 4.69) is 24.5 Å². The second-order valence-electron chi connectivity index (χ2n) is 4.28. The molecule has 0 saturated carbocycles. The molecule has 0 aliphatic carbocycles. The Morgan fingerprint density at radius 1 is 1.59 bits per heavy atom. The van der Waals surface area contributed by atoms with Gasteiger partial charge in [0, 0.05) is 30.4 Å². The minimum Gasteiger partial charge on any atom is -0.351 e. The molecule has 5 heteroatoms. The van der Waals surface area contributed by atoms with Gasteiger partial charge >= 0.3 is 0 Å². The highest BCUT2D eigenvalue weighted by Gasteiger charge is 2.18. The Bertz CT molecular complexity index is 388. The molecule has 1 aliphatic heterocycles. The first-order valence-electron chi connectivity index (χ1n) is 5.79. The van der Waals surface area contributed by atoms with E-state index in [4.69, 9.17) is 0 Å². The summed E-state index contributed by atoms with van der Waals surface area (Å²) in [6.45, 7) is 7.06. The second kappa shape index (κ2) is 6.38. The van der Waals surface area contributed by atoms with Crippen molar-refractivity contribution in [1.29, 1.82) is 0 Å². The van der Waals surface area contributed by atoms with Crippen molar-refractivity contribution in [3.05, 3.63) is 21.4 Å². The van der Waals surface area contributed by atoms with E-state index in [-0.39, 0.29) is 18.3 Å². The van der Waals surface area contributed by atoms with Crippen molar-refractivity contribution in [1.82, 2.24) is 10.6 Å². The molecule has 17 heavy (non-hydrogen) atoms. The van der Waals surface area contributed by atoms with E-state index in [1.54, 1.807) is 11.3 Å². The fourth-order valence-corrected chi connectivity index (χ4v) is 2.83. The smallest absolute Gasteiger partial charge is 0.261 e. The molecule has 0 bridgehead atoms. The fourth-order valence-electron chi connectivity index (χ4n) is 1.80. The van der Waals surface area contributed by atoms with Gasteiger partial charge in [-0.3, -0.25) is 4.79 Å². The number of halogens is 1. The summed E-state index contributed by atoms with van der Waals surface area (Å²) in [6.07, 6.45) is 1.00. The Hall–Kier alpha value is -0.580. The maximum atomic E-state index is 11.8. The molecule has 0 unspecified atom stereocenters. The fraction of sp³-hybridized carbons (Fsp3) is 0.583. The molecule has 1 aliphatic rings. The van der Waals surface area contributed by atoms with Crippen LogP contribution >= 0.6 is 23.7 Å². The van der Waals surface area contributed by atoms with Gasteiger partial charge in [-0.15, -0.1) is 23.7 Å². The number of hydrogen-bond acceptors (Lipinski definition) is 3. The number of aryl methyl sites for hydroxylation is 2. The van der Waals surface area contributed by atoms with Crippen molar-refractivity contribution in [2.45, 2.75) is 20.3 Å². The third-order valence-electron chi connectivity index (χ3n) is 3.04. The van der Waals surface area contributed by atoms with Crippen LogP contribution in [-0.2, 0) is 6.42 Å². The Morgan fingerprint density at radius 2 is 2.29 bits per heavy atom. The molecule has 1 aromatic heterocycles. The summed E-state index contributed by atoms with van der Waals surface area (Å²) in [5, 5.41) is 6.20. The highest BCUT2D eigenvalue weighted by Crippen LogP contribution is 2.21. The first-order valence-corrected chi connectivity index (χ1v) is 6.60. The zero-order valence-corrected chi connectivity index (χ0v) is 11.8. The van der Waals surface area contributed by atoms with E-state index in [0.717, 1.165) is 30.9 Å². The van der Waals surface area contributed by atoms with Crippen LogP contribution in [0.1, 0.15) is 27.0 Å². The van der Waals surface area contributed by atoms with Gasteiger partial charge in [-0.2, -0.15) is 0 Å². The van der Waals surface area contributed by atoms with Crippen LogP contribution in [0.2, 0.25) is 0 Å². The second-order valence-corrected chi connectivity index (χ2v) is 5.54. The number of carbonyl (C=O) groups excluding carboxylic acids is 1. The summed E-state index contributed by atoms with van der Waals surface area (Å²) >= 11 is 1.60. The normalized spacial score (nSPS) is 14.9. The molecule has 2 N–H and O–H groups in total. The number of nitrogens with one attached hydrogen (secondary N) is 2. The predicted octanol–water partition coefficient (Wildman–Crippen LogP) is 1.99. The number of amides is 1. The highest BCUT2D eigenvalue weighted by molar-refractivity contribution is 7.14. The van der Waals surface area contributed by atoms with Gasteiger partial charge < -0.3 is 10.6 Å². The zero-order chi connectivity index (χ0) is 11.5. The topological polar surface area (TPSA) is 41.1 Å². The Kier molecular flexibility index (Phi) is 5.43. The third kappa shape index (κ3) is 3.44. The quantitative estimate of drug-likeness (QED) is 0.882. The largest absolute Gasteiger partial charge is 0.351 e. The van der Waals surface area contributed by atoms with Gasteiger partial charge in [0.15, 0.2) is 0 Å². The van der Waals surface area contributed by atoms with Gasteiger partial charge in [-0.1, -0.05) is 6.92 Å². The molecule has 2 rings (SSSR count). The molecule has 0 aromatic carbocycles. The summed E-state index contributed by atoms with van der Waals surface area (Å²) in [5.41, 5.74) is 1.29. The van der Waals surface area contributed by atoms with E-state index in [9.17, 15) is 4.79 Å². The zero-order valence-electron chi connectivity index (χ0n) is 10.2.